The molecule has 2 aromatic heterocycles. The van der Waals surface area contributed by atoms with Gasteiger partial charge in [0.1, 0.15) is 11.2 Å². The Morgan fingerprint density at radius 1 is 0.380 bits per heavy atom. The third kappa shape index (κ3) is 3.62. The Balaban J connectivity index is 1.14. The van der Waals surface area contributed by atoms with Crippen LogP contribution in [0.25, 0.3) is 78.4 Å². The summed E-state index contributed by atoms with van der Waals surface area (Å²) in [6.07, 6.45) is 0. The van der Waals surface area contributed by atoms with Gasteiger partial charge in [0.2, 0.25) is 0 Å². The lowest BCUT2D eigenvalue weighted by molar-refractivity contribution is 0.669. The van der Waals surface area contributed by atoms with Crippen LogP contribution in [0.3, 0.4) is 0 Å². The highest BCUT2D eigenvalue weighted by atomic mass is 16.3. The maximum Gasteiger partial charge on any atom is 0.164 e. The fraction of sp³-hybridized carbons (Fsp3) is 0.0217. The summed E-state index contributed by atoms with van der Waals surface area (Å²) in [6.45, 7) is 0. The first-order valence-corrected chi connectivity index (χ1v) is 17.0. The van der Waals surface area contributed by atoms with Gasteiger partial charge < -0.3 is 4.42 Å². The molecule has 9 aromatic rings. The normalized spacial score (nSPS) is 13.4. The molecule has 232 valence electrons. The fourth-order valence-corrected chi connectivity index (χ4v) is 8.49. The quantitative estimate of drug-likeness (QED) is 0.193. The first-order chi connectivity index (χ1) is 24.8. The number of benzene rings is 7. The van der Waals surface area contributed by atoms with Gasteiger partial charge in [0, 0.05) is 33.0 Å². The Bertz CT molecular complexity index is 2720. The van der Waals surface area contributed by atoms with Gasteiger partial charge in [-0.15, -0.1) is 0 Å². The van der Waals surface area contributed by atoms with Crippen molar-refractivity contribution < 1.29 is 4.42 Å². The van der Waals surface area contributed by atoms with Crippen molar-refractivity contribution >= 4 is 21.9 Å². The van der Waals surface area contributed by atoms with Gasteiger partial charge in [-0.25, -0.2) is 15.0 Å². The molecule has 11 rings (SSSR count). The molecule has 2 aliphatic rings. The fourth-order valence-electron chi connectivity index (χ4n) is 8.49. The Morgan fingerprint density at radius 2 is 0.860 bits per heavy atom. The maximum atomic E-state index is 6.95. The van der Waals surface area contributed by atoms with Crippen molar-refractivity contribution in [3.05, 3.63) is 186 Å². The molecule has 0 fully saturated rings. The van der Waals surface area contributed by atoms with E-state index in [9.17, 15) is 0 Å². The molecule has 0 radical (unpaired) electrons. The minimum Gasteiger partial charge on any atom is -0.455 e. The van der Waals surface area contributed by atoms with Crippen LogP contribution in [0.1, 0.15) is 22.3 Å². The van der Waals surface area contributed by atoms with E-state index in [1.165, 1.54) is 44.5 Å². The predicted molar refractivity (Wildman–Crippen MR) is 200 cm³/mol. The zero-order valence-corrected chi connectivity index (χ0v) is 26.8. The summed E-state index contributed by atoms with van der Waals surface area (Å²) in [5, 5.41) is 2.17. The molecular formula is C46H27N3O. The number of hydrogen-bond acceptors (Lipinski definition) is 4. The molecule has 50 heavy (non-hydrogen) atoms. The summed E-state index contributed by atoms with van der Waals surface area (Å²) < 4.78 is 6.95. The summed E-state index contributed by atoms with van der Waals surface area (Å²) in [7, 11) is 0. The van der Waals surface area contributed by atoms with Gasteiger partial charge >= 0.3 is 0 Å². The van der Waals surface area contributed by atoms with Crippen LogP contribution in [0.5, 0.6) is 0 Å². The topological polar surface area (TPSA) is 51.8 Å². The smallest absolute Gasteiger partial charge is 0.164 e. The number of nitrogens with zero attached hydrogens (tertiary/aromatic N) is 3. The van der Waals surface area contributed by atoms with E-state index in [4.69, 9.17) is 19.4 Å². The van der Waals surface area contributed by atoms with Crippen LogP contribution in [0.15, 0.2) is 168 Å². The maximum absolute atomic E-state index is 6.95. The molecule has 1 spiro atoms. The second-order valence-electron chi connectivity index (χ2n) is 13.1. The molecular weight excluding hydrogens is 611 g/mol. The van der Waals surface area contributed by atoms with Crippen LogP contribution in [0.2, 0.25) is 0 Å². The summed E-state index contributed by atoms with van der Waals surface area (Å²) >= 11 is 0. The van der Waals surface area contributed by atoms with Crippen LogP contribution in [-0.2, 0) is 5.41 Å². The van der Waals surface area contributed by atoms with Crippen molar-refractivity contribution in [3.8, 4) is 56.4 Å². The van der Waals surface area contributed by atoms with Crippen LogP contribution in [0.4, 0.5) is 0 Å². The second-order valence-corrected chi connectivity index (χ2v) is 13.1. The van der Waals surface area contributed by atoms with Crippen LogP contribution < -0.4 is 0 Å². The number of aromatic nitrogens is 3. The lowest BCUT2D eigenvalue weighted by Gasteiger charge is -2.30. The number of fused-ring (bicyclic) bond motifs is 14. The average Bonchev–Trinajstić information content (AvgIpc) is 3.82. The Hall–Kier alpha value is -6.65. The summed E-state index contributed by atoms with van der Waals surface area (Å²) in [5.74, 6) is 1.88. The molecule has 2 heterocycles. The first kappa shape index (κ1) is 27.3. The van der Waals surface area contributed by atoms with E-state index in [0.29, 0.717) is 17.5 Å². The van der Waals surface area contributed by atoms with Crippen molar-refractivity contribution in [1.82, 2.24) is 15.0 Å². The van der Waals surface area contributed by atoms with Gasteiger partial charge in [-0.1, -0.05) is 152 Å². The zero-order valence-electron chi connectivity index (χ0n) is 26.8. The number of hydrogen-bond donors (Lipinski definition) is 0. The lowest BCUT2D eigenvalue weighted by Crippen LogP contribution is -2.25. The van der Waals surface area contributed by atoms with Crippen molar-refractivity contribution in [3.63, 3.8) is 0 Å². The second kappa shape index (κ2) is 10.2. The molecule has 0 N–H and O–H groups in total. The van der Waals surface area contributed by atoms with Crippen molar-refractivity contribution in [1.29, 1.82) is 0 Å². The molecule has 7 aromatic carbocycles. The van der Waals surface area contributed by atoms with Gasteiger partial charge in [0.25, 0.3) is 0 Å². The van der Waals surface area contributed by atoms with Gasteiger partial charge in [-0.05, 0) is 51.1 Å². The molecule has 4 heteroatoms. The Labute approximate surface area is 288 Å². The van der Waals surface area contributed by atoms with Crippen LogP contribution >= 0.6 is 0 Å². The third-order valence-corrected chi connectivity index (χ3v) is 10.6. The Kier molecular flexibility index (Phi) is 5.56. The molecule has 0 unspecified atom stereocenters. The largest absolute Gasteiger partial charge is 0.455 e. The highest BCUT2D eigenvalue weighted by Gasteiger charge is 2.52. The lowest BCUT2D eigenvalue weighted by atomic mass is 9.70. The third-order valence-electron chi connectivity index (χ3n) is 10.6. The molecule has 0 atom stereocenters. The molecule has 0 bridgehead atoms. The molecule has 4 nitrogen and oxygen atoms in total. The Morgan fingerprint density at radius 3 is 1.46 bits per heavy atom. The van der Waals surface area contributed by atoms with E-state index >= 15 is 0 Å². The highest BCUT2D eigenvalue weighted by Crippen LogP contribution is 2.64. The standard InChI is InChI=1S/C46H27N3O/c1-3-13-28(14-4-1)43-47-44(29-15-5-2-6-16-29)49-45(48-43)30-23-24-33-34-25-26-39-41(42(34)50-40(33)27-30)35-19-9-12-22-38(35)46(39)36-20-10-7-17-31(36)32-18-8-11-21-37(32)46/h1-27H. The molecule has 2 aliphatic carbocycles. The molecule has 0 amide bonds. The molecule has 0 aliphatic heterocycles. The van der Waals surface area contributed by atoms with E-state index < -0.39 is 5.41 Å². The van der Waals surface area contributed by atoms with Gasteiger partial charge in [-0.2, -0.15) is 0 Å². The predicted octanol–water partition coefficient (Wildman–Crippen LogP) is 11.1. The summed E-state index contributed by atoms with van der Waals surface area (Å²) in [6, 6.07) is 57.7. The van der Waals surface area contributed by atoms with Crippen LogP contribution in [0, 0.1) is 0 Å². The SMILES string of the molecule is c1ccc(-c2nc(-c3ccccc3)nc(-c3ccc4c(c3)oc3c5c(ccc34)C3(c4ccccc4-c4ccccc43)c3ccccc3-5)n2)cc1. The van der Waals surface area contributed by atoms with Crippen molar-refractivity contribution in [2.75, 3.05) is 0 Å². The first-order valence-electron chi connectivity index (χ1n) is 17.0. The van der Waals surface area contributed by atoms with Crippen molar-refractivity contribution in [2.24, 2.45) is 0 Å². The van der Waals surface area contributed by atoms with E-state index in [2.05, 4.69) is 103 Å². The molecule has 0 saturated carbocycles. The van der Waals surface area contributed by atoms with Crippen LogP contribution in [-0.4, -0.2) is 15.0 Å². The number of rotatable bonds is 3. The van der Waals surface area contributed by atoms with Crippen molar-refractivity contribution in [2.45, 2.75) is 5.41 Å². The monoisotopic (exact) mass is 637 g/mol. The minimum atomic E-state index is -0.413. The van der Waals surface area contributed by atoms with Gasteiger partial charge in [0.15, 0.2) is 17.5 Å². The van der Waals surface area contributed by atoms with E-state index in [1.807, 2.05) is 60.7 Å². The van der Waals surface area contributed by atoms with Gasteiger partial charge in [0.05, 0.1) is 5.41 Å². The summed E-state index contributed by atoms with van der Waals surface area (Å²) in [4.78, 5) is 14.8. The highest BCUT2D eigenvalue weighted by molar-refractivity contribution is 6.13. The average molecular weight is 638 g/mol. The molecule has 0 saturated heterocycles. The number of furan rings is 1. The summed E-state index contributed by atoms with van der Waals surface area (Å²) in [5.41, 5.74) is 14.2. The van der Waals surface area contributed by atoms with E-state index in [1.54, 1.807) is 0 Å². The van der Waals surface area contributed by atoms with Gasteiger partial charge in [-0.3, -0.25) is 0 Å². The minimum absolute atomic E-state index is 0.413. The van der Waals surface area contributed by atoms with E-state index in [-0.39, 0.29) is 0 Å². The zero-order chi connectivity index (χ0) is 32.8. The van der Waals surface area contributed by atoms with E-state index in [0.717, 1.165) is 38.6 Å².